The third-order valence-electron chi connectivity index (χ3n) is 2.50. The van der Waals surface area contributed by atoms with Crippen molar-refractivity contribution < 1.29 is 14.5 Å². The molecule has 0 aliphatic heterocycles. The van der Waals surface area contributed by atoms with E-state index in [9.17, 15) is 14.9 Å². The minimum Gasteiger partial charge on any atom is -0.457 e. The molecule has 7 nitrogen and oxygen atoms in total. The Morgan fingerprint density at radius 3 is 2.48 bits per heavy atom. The predicted octanol–water partition coefficient (Wildman–Crippen LogP) is 2.85. The van der Waals surface area contributed by atoms with E-state index in [1.54, 1.807) is 24.3 Å². The first-order chi connectivity index (χ1) is 10.0. The fourth-order valence-corrected chi connectivity index (χ4v) is 1.57. The number of nitro benzene ring substituents is 1. The fourth-order valence-electron chi connectivity index (χ4n) is 1.57. The SMILES string of the molecule is CC(=O)NNc1cccc(Oc2ccc([N+](=O)[O-])cc2)c1. The van der Waals surface area contributed by atoms with Gasteiger partial charge in [-0.25, -0.2) is 0 Å². The first-order valence-corrected chi connectivity index (χ1v) is 6.09. The third-order valence-corrected chi connectivity index (χ3v) is 2.50. The van der Waals surface area contributed by atoms with Crippen molar-refractivity contribution in [1.29, 1.82) is 0 Å². The number of amides is 1. The first-order valence-electron chi connectivity index (χ1n) is 6.09. The highest BCUT2D eigenvalue weighted by Gasteiger charge is 2.05. The van der Waals surface area contributed by atoms with Crippen molar-refractivity contribution in [3.05, 3.63) is 58.6 Å². The molecular formula is C14H13N3O4. The van der Waals surface area contributed by atoms with Gasteiger partial charge in [0, 0.05) is 25.1 Å². The number of carbonyl (C=O) groups is 1. The molecule has 2 aromatic carbocycles. The Morgan fingerprint density at radius 1 is 1.14 bits per heavy atom. The number of anilines is 1. The van der Waals surface area contributed by atoms with E-state index in [0.29, 0.717) is 17.2 Å². The highest BCUT2D eigenvalue weighted by molar-refractivity contribution is 5.74. The molecule has 2 aromatic rings. The Labute approximate surface area is 120 Å². The number of rotatable bonds is 5. The molecule has 2 N–H and O–H groups in total. The van der Waals surface area contributed by atoms with Crippen molar-refractivity contribution in [2.45, 2.75) is 6.92 Å². The predicted molar refractivity (Wildman–Crippen MR) is 77.1 cm³/mol. The molecule has 0 aliphatic carbocycles. The molecule has 0 aliphatic rings. The molecule has 0 radical (unpaired) electrons. The Hall–Kier alpha value is -3.09. The van der Waals surface area contributed by atoms with Gasteiger partial charge in [0.25, 0.3) is 5.69 Å². The molecule has 21 heavy (non-hydrogen) atoms. The maximum Gasteiger partial charge on any atom is 0.269 e. The second-order valence-electron chi connectivity index (χ2n) is 4.19. The quantitative estimate of drug-likeness (QED) is 0.651. The highest BCUT2D eigenvalue weighted by atomic mass is 16.6. The van der Waals surface area contributed by atoms with Crippen LogP contribution in [0.3, 0.4) is 0 Å². The van der Waals surface area contributed by atoms with Crippen LogP contribution < -0.4 is 15.6 Å². The highest BCUT2D eigenvalue weighted by Crippen LogP contribution is 2.25. The maximum absolute atomic E-state index is 10.8. The number of hydrazine groups is 1. The zero-order valence-corrected chi connectivity index (χ0v) is 11.2. The minimum absolute atomic E-state index is 0.00317. The van der Waals surface area contributed by atoms with Crippen LogP contribution in [0.5, 0.6) is 11.5 Å². The van der Waals surface area contributed by atoms with Crippen molar-refractivity contribution in [1.82, 2.24) is 5.43 Å². The Bertz CT molecular complexity index is 656. The molecule has 0 unspecified atom stereocenters. The van der Waals surface area contributed by atoms with E-state index >= 15 is 0 Å². The number of hydrogen-bond acceptors (Lipinski definition) is 5. The van der Waals surface area contributed by atoms with Gasteiger partial charge < -0.3 is 4.74 Å². The van der Waals surface area contributed by atoms with Crippen LogP contribution in [0, 0.1) is 10.1 Å². The Morgan fingerprint density at radius 2 is 1.86 bits per heavy atom. The van der Waals surface area contributed by atoms with E-state index in [2.05, 4.69) is 10.9 Å². The molecule has 0 heterocycles. The zero-order chi connectivity index (χ0) is 15.2. The van der Waals surface area contributed by atoms with Gasteiger partial charge in [-0.1, -0.05) is 6.07 Å². The molecule has 2 rings (SSSR count). The van der Waals surface area contributed by atoms with Crippen LogP contribution in [0.25, 0.3) is 0 Å². The van der Waals surface area contributed by atoms with Gasteiger partial charge in [0.15, 0.2) is 0 Å². The molecule has 0 atom stereocenters. The van der Waals surface area contributed by atoms with E-state index in [4.69, 9.17) is 4.74 Å². The Kier molecular flexibility index (Phi) is 4.35. The number of benzene rings is 2. The van der Waals surface area contributed by atoms with Crippen LogP contribution in [0.2, 0.25) is 0 Å². The fraction of sp³-hybridized carbons (Fsp3) is 0.0714. The van der Waals surface area contributed by atoms with Crippen molar-refractivity contribution >= 4 is 17.3 Å². The molecule has 1 amide bonds. The number of nitrogens with zero attached hydrogens (tertiary/aromatic N) is 1. The number of nitrogens with one attached hydrogen (secondary N) is 2. The zero-order valence-electron chi connectivity index (χ0n) is 11.2. The maximum atomic E-state index is 10.8. The van der Waals surface area contributed by atoms with E-state index in [1.807, 2.05) is 0 Å². The summed E-state index contributed by atoms with van der Waals surface area (Å²) in [5.41, 5.74) is 5.84. The van der Waals surface area contributed by atoms with Gasteiger partial charge in [-0.2, -0.15) is 0 Å². The lowest BCUT2D eigenvalue weighted by Gasteiger charge is -2.09. The van der Waals surface area contributed by atoms with Crippen molar-refractivity contribution in [3.8, 4) is 11.5 Å². The van der Waals surface area contributed by atoms with Crippen LogP contribution in [-0.2, 0) is 4.79 Å². The van der Waals surface area contributed by atoms with Gasteiger partial charge in [-0.3, -0.25) is 25.8 Å². The normalized spacial score (nSPS) is 9.76. The summed E-state index contributed by atoms with van der Waals surface area (Å²) in [6.07, 6.45) is 0. The summed E-state index contributed by atoms with van der Waals surface area (Å²) in [4.78, 5) is 20.9. The monoisotopic (exact) mass is 287 g/mol. The first kappa shape index (κ1) is 14.3. The largest absolute Gasteiger partial charge is 0.457 e. The van der Waals surface area contributed by atoms with Crippen LogP contribution in [0.1, 0.15) is 6.92 Å². The second kappa shape index (κ2) is 6.38. The lowest BCUT2D eigenvalue weighted by molar-refractivity contribution is -0.384. The molecule has 0 aromatic heterocycles. The smallest absolute Gasteiger partial charge is 0.269 e. The van der Waals surface area contributed by atoms with Crippen LogP contribution >= 0.6 is 0 Å². The Balaban J connectivity index is 2.06. The van der Waals surface area contributed by atoms with E-state index < -0.39 is 4.92 Å². The number of hydrogen-bond donors (Lipinski definition) is 2. The average Bonchev–Trinajstić information content (AvgIpc) is 2.46. The van der Waals surface area contributed by atoms with E-state index in [1.165, 1.54) is 31.2 Å². The van der Waals surface area contributed by atoms with Gasteiger partial charge in [0.2, 0.25) is 5.91 Å². The molecule has 0 saturated carbocycles. The van der Waals surface area contributed by atoms with Crippen molar-refractivity contribution in [2.75, 3.05) is 5.43 Å². The number of non-ortho nitro benzene ring substituents is 1. The third kappa shape index (κ3) is 4.20. The van der Waals surface area contributed by atoms with Gasteiger partial charge in [0.05, 0.1) is 10.6 Å². The molecule has 0 spiro atoms. The average molecular weight is 287 g/mol. The van der Waals surface area contributed by atoms with E-state index in [-0.39, 0.29) is 11.6 Å². The summed E-state index contributed by atoms with van der Waals surface area (Å²) < 4.78 is 5.59. The van der Waals surface area contributed by atoms with Gasteiger partial charge >= 0.3 is 0 Å². The molecule has 0 fully saturated rings. The van der Waals surface area contributed by atoms with Crippen LogP contribution in [0.15, 0.2) is 48.5 Å². The summed E-state index contributed by atoms with van der Waals surface area (Å²) in [6, 6.07) is 12.7. The minimum atomic E-state index is -0.470. The summed E-state index contributed by atoms with van der Waals surface area (Å²) in [6.45, 7) is 1.39. The lowest BCUT2D eigenvalue weighted by Crippen LogP contribution is -2.26. The number of nitro groups is 1. The van der Waals surface area contributed by atoms with Gasteiger partial charge in [-0.05, 0) is 24.3 Å². The lowest BCUT2D eigenvalue weighted by atomic mass is 10.3. The second-order valence-corrected chi connectivity index (χ2v) is 4.19. The van der Waals surface area contributed by atoms with Crippen molar-refractivity contribution in [3.63, 3.8) is 0 Å². The molecule has 0 saturated heterocycles. The van der Waals surface area contributed by atoms with Crippen molar-refractivity contribution in [2.24, 2.45) is 0 Å². The molecule has 0 bridgehead atoms. The molecule has 108 valence electrons. The standard InChI is InChI=1S/C14H13N3O4/c1-10(18)15-16-11-3-2-4-14(9-11)21-13-7-5-12(6-8-13)17(19)20/h2-9,16H,1H3,(H,15,18). The van der Waals surface area contributed by atoms with Crippen LogP contribution in [0.4, 0.5) is 11.4 Å². The summed E-state index contributed by atoms with van der Waals surface area (Å²) >= 11 is 0. The topological polar surface area (TPSA) is 93.5 Å². The van der Waals surface area contributed by atoms with Gasteiger partial charge in [-0.15, -0.1) is 0 Å². The molecule has 7 heteroatoms. The van der Waals surface area contributed by atoms with Gasteiger partial charge in [0.1, 0.15) is 11.5 Å². The molecular weight excluding hydrogens is 274 g/mol. The van der Waals surface area contributed by atoms with E-state index in [0.717, 1.165) is 0 Å². The van der Waals surface area contributed by atoms with Crippen LogP contribution in [-0.4, -0.2) is 10.8 Å². The summed E-state index contributed by atoms with van der Waals surface area (Å²) in [5, 5.41) is 10.6. The summed E-state index contributed by atoms with van der Waals surface area (Å²) in [5.74, 6) is 0.813. The number of ether oxygens (including phenoxy) is 1. The number of carbonyl (C=O) groups excluding carboxylic acids is 1. The summed E-state index contributed by atoms with van der Waals surface area (Å²) in [7, 11) is 0.